The molecule has 132 valence electrons. The number of ether oxygens (including phenoxy) is 2. The predicted molar refractivity (Wildman–Crippen MR) is 93.5 cm³/mol. The van der Waals surface area contributed by atoms with Crippen LogP contribution in [-0.4, -0.2) is 38.5 Å². The van der Waals surface area contributed by atoms with Crippen molar-refractivity contribution < 1.29 is 23.6 Å². The summed E-state index contributed by atoms with van der Waals surface area (Å²) in [4.78, 5) is 11.9. The Morgan fingerprint density at radius 1 is 1.21 bits per heavy atom. The van der Waals surface area contributed by atoms with E-state index in [1.165, 1.54) is 7.11 Å². The van der Waals surface area contributed by atoms with Crippen molar-refractivity contribution in [2.24, 2.45) is 0 Å². The van der Waals surface area contributed by atoms with Gasteiger partial charge in [0.2, 0.25) is 0 Å². The van der Waals surface area contributed by atoms with Crippen LogP contribution in [0.25, 0.3) is 0 Å². The highest BCUT2D eigenvalue weighted by Gasteiger charge is 2.54. The molecule has 24 heavy (non-hydrogen) atoms. The minimum atomic E-state index is -0.571. The summed E-state index contributed by atoms with van der Waals surface area (Å²) in [6.07, 6.45) is 0.135. The highest BCUT2D eigenvalue weighted by Crippen LogP contribution is 2.42. The van der Waals surface area contributed by atoms with Gasteiger partial charge in [-0.3, -0.25) is 4.79 Å². The van der Waals surface area contributed by atoms with Crippen molar-refractivity contribution in [1.82, 2.24) is 0 Å². The van der Waals surface area contributed by atoms with Crippen LogP contribution in [0.1, 0.15) is 45.5 Å². The van der Waals surface area contributed by atoms with Crippen LogP contribution in [-0.2, 0) is 18.8 Å². The molecule has 1 fully saturated rings. The van der Waals surface area contributed by atoms with Crippen LogP contribution in [0, 0.1) is 0 Å². The van der Waals surface area contributed by atoms with Gasteiger partial charge in [-0.1, -0.05) is 17.7 Å². The number of hydrogen-bond acceptors (Lipinski definition) is 5. The SMILES string of the molecule is COC(=O)CC(B1OC(C)(C)C(C)(C)O1)c1ccc(OC)c(Cl)c1. The molecule has 0 bridgehead atoms. The van der Waals surface area contributed by atoms with Gasteiger partial charge in [-0.15, -0.1) is 0 Å². The third-order valence-electron chi connectivity index (χ3n) is 4.82. The van der Waals surface area contributed by atoms with E-state index in [2.05, 4.69) is 0 Å². The monoisotopic (exact) mass is 354 g/mol. The summed E-state index contributed by atoms with van der Waals surface area (Å²) in [5.74, 6) is -0.0882. The van der Waals surface area contributed by atoms with E-state index in [1.54, 1.807) is 19.2 Å². The molecule has 0 amide bonds. The predicted octanol–water partition coefficient (Wildman–Crippen LogP) is 3.63. The van der Waals surface area contributed by atoms with E-state index in [4.69, 9.17) is 30.4 Å². The van der Waals surface area contributed by atoms with Crippen LogP contribution in [0.4, 0.5) is 0 Å². The maximum absolute atomic E-state index is 11.9. The van der Waals surface area contributed by atoms with Crippen LogP contribution < -0.4 is 4.74 Å². The third kappa shape index (κ3) is 3.71. The molecule has 0 saturated carbocycles. The largest absolute Gasteiger partial charge is 0.495 e. The molecule has 0 aliphatic carbocycles. The molecule has 1 aromatic rings. The van der Waals surface area contributed by atoms with Gasteiger partial charge >= 0.3 is 13.1 Å². The molecule has 0 aromatic heterocycles. The van der Waals surface area contributed by atoms with E-state index in [9.17, 15) is 4.79 Å². The molecule has 1 heterocycles. The molecule has 0 spiro atoms. The summed E-state index contributed by atoms with van der Waals surface area (Å²) in [6, 6.07) is 5.41. The fourth-order valence-electron chi connectivity index (χ4n) is 2.60. The van der Waals surface area contributed by atoms with Crippen LogP contribution >= 0.6 is 11.6 Å². The average molecular weight is 355 g/mol. The summed E-state index contributed by atoms with van der Waals surface area (Å²) >= 11 is 6.24. The highest BCUT2D eigenvalue weighted by molar-refractivity contribution is 6.48. The van der Waals surface area contributed by atoms with Crippen molar-refractivity contribution in [3.63, 3.8) is 0 Å². The molecular formula is C17H24BClO5. The minimum Gasteiger partial charge on any atom is -0.495 e. The minimum absolute atomic E-state index is 0.135. The van der Waals surface area contributed by atoms with Gasteiger partial charge in [0, 0.05) is 5.82 Å². The van der Waals surface area contributed by atoms with Crippen molar-refractivity contribution in [3.8, 4) is 5.75 Å². The molecule has 1 aliphatic rings. The molecule has 0 radical (unpaired) electrons. The third-order valence-corrected chi connectivity index (χ3v) is 5.11. The summed E-state index contributed by atoms with van der Waals surface area (Å²) in [5.41, 5.74) is -0.130. The lowest BCUT2D eigenvalue weighted by Crippen LogP contribution is -2.41. The second-order valence-electron chi connectivity index (χ2n) is 6.91. The lowest BCUT2D eigenvalue weighted by Gasteiger charge is -2.32. The number of methoxy groups -OCH3 is 2. The van der Waals surface area contributed by atoms with Crippen LogP contribution in [0.5, 0.6) is 5.75 Å². The topological polar surface area (TPSA) is 54.0 Å². The first kappa shape index (κ1) is 19.1. The fourth-order valence-corrected chi connectivity index (χ4v) is 2.87. The van der Waals surface area contributed by atoms with Gasteiger partial charge < -0.3 is 18.8 Å². The second kappa shape index (κ2) is 6.94. The zero-order valence-corrected chi connectivity index (χ0v) is 15.8. The van der Waals surface area contributed by atoms with Crippen molar-refractivity contribution in [3.05, 3.63) is 28.8 Å². The van der Waals surface area contributed by atoms with Gasteiger partial charge in [-0.2, -0.15) is 0 Å². The molecule has 2 rings (SSSR count). The lowest BCUT2D eigenvalue weighted by atomic mass is 9.66. The van der Waals surface area contributed by atoms with Crippen LogP contribution in [0.3, 0.4) is 0 Å². The van der Waals surface area contributed by atoms with E-state index in [0.717, 1.165) is 5.56 Å². The lowest BCUT2D eigenvalue weighted by molar-refractivity contribution is -0.140. The maximum atomic E-state index is 11.9. The quantitative estimate of drug-likeness (QED) is 0.597. The summed E-state index contributed by atoms with van der Waals surface area (Å²) in [6.45, 7) is 7.90. The van der Waals surface area contributed by atoms with Crippen molar-refractivity contribution in [2.45, 2.75) is 51.1 Å². The molecule has 1 aromatic carbocycles. The number of carbonyl (C=O) groups excluding carboxylic acids is 1. The Labute approximate surface area is 148 Å². The zero-order chi connectivity index (χ0) is 18.1. The Hall–Kier alpha value is -1.24. The van der Waals surface area contributed by atoms with Gasteiger partial charge in [-0.05, 0) is 45.4 Å². The Kier molecular flexibility index (Phi) is 5.52. The Balaban J connectivity index is 2.36. The Morgan fingerprint density at radius 2 is 1.79 bits per heavy atom. The summed E-state index contributed by atoms with van der Waals surface area (Å²) < 4.78 is 22.3. The van der Waals surface area contributed by atoms with Crippen LogP contribution in [0.15, 0.2) is 18.2 Å². The molecule has 5 nitrogen and oxygen atoms in total. The Bertz CT molecular complexity index is 601. The highest BCUT2D eigenvalue weighted by atomic mass is 35.5. The number of hydrogen-bond donors (Lipinski definition) is 0. The molecular weight excluding hydrogens is 330 g/mol. The fraction of sp³-hybridized carbons (Fsp3) is 0.588. The van der Waals surface area contributed by atoms with Gasteiger partial charge in [-0.25, -0.2) is 0 Å². The van der Waals surface area contributed by atoms with E-state index >= 15 is 0 Å². The number of carbonyl (C=O) groups is 1. The van der Waals surface area contributed by atoms with Crippen LogP contribution in [0.2, 0.25) is 5.02 Å². The van der Waals surface area contributed by atoms with Crippen molar-refractivity contribution in [2.75, 3.05) is 14.2 Å². The normalized spacial score (nSPS) is 19.9. The number of halogens is 1. The first-order valence-electron chi connectivity index (χ1n) is 7.87. The van der Waals surface area contributed by atoms with Crippen molar-refractivity contribution in [1.29, 1.82) is 0 Å². The van der Waals surface area contributed by atoms with Gasteiger partial charge in [0.25, 0.3) is 0 Å². The Morgan fingerprint density at radius 3 is 2.25 bits per heavy atom. The van der Waals surface area contributed by atoms with E-state index in [1.807, 2.05) is 33.8 Å². The molecule has 1 saturated heterocycles. The van der Waals surface area contributed by atoms with Gasteiger partial charge in [0.1, 0.15) is 5.75 Å². The first-order chi connectivity index (χ1) is 11.1. The van der Waals surface area contributed by atoms with E-state index < -0.39 is 18.3 Å². The summed E-state index contributed by atoms with van der Waals surface area (Å²) in [5, 5.41) is 0.474. The number of rotatable bonds is 5. The van der Waals surface area contributed by atoms with E-state index in [-0.39, 0.29) is 18.2 Å². The number of esters is 1. The smallest absolute Gasteiger partial charge is 0.466 e. The van der Waals surface area contributed by atoms with Gasteiger partial charge in [0.15, 0.2) is 0 Å². The molecule has 0 N–H and O–H groups in total. The zero-order valence-electron chi connectivity index (χ0n) is 15.0. The van der Waals surface area contributed by atoms with Gasteiger partial charge in [0.05, 0.1) is 36.9 Å². The van der Waals surface area contributed by atoms with Crippen molar-refractivity contribution >= 4 is 24.7 Å². The first-order valence-corrected chi connectivity index (χ1v) is 8.25. The molecule has 1 atom stereocenters. The standard InChI is InChI=1S/C17H24BClO5/c1-16(2)17(3,4)24-18(23-16)12(10-15(20)22-6)11-7-8-14(21-5)13(19)9-11/h7-9,12H,10H2,1-6H3. The second-order valence-corrected chi connectivity index (χ2v) is 7.31. The maximum Gasteiger partial charge on any atom is 0.466 e. The molecule has 1 aliphatic heterocycles. The number of benzene rings is 1. The molecule has 7 heteroatoms. The summed E-state index contributed by atoms with van der Waals surface area (Å²) in [7, 11) is 2.35. The molecule has 1 unspecified atom stereocenters. The van der Waals surface area contributed by atoms with E-state index in [0.29, 0.717) is 10.8 Å². The average Bonchev–Trinajstić information content (AvgIpc) is 2.72.